The van der Waals surface area contributed by atoms with Crippen molar-refractivity contribution < 1.29 is 31.6 Å². The molecular weight excluding hydrogens is 296 g/mol. The second kappa shape index (κ2) is 5.00. The van der Waals surface area contributed by atoms with Crippen LogP contribution in [0.2, 0.25) is 0 Å². The monoisotopic (exact) mass is 303 g/mol. The highest BCUT2D eigenvalue weighted by molar-refractivity contribution is 7.90. The summed E-state index contributed by atoms with van der Waals surface area (Å²) in [5.74, 6) is -5.59. The van der Waals surface area contributed by atoms with E-state index in [0.717, 1.165) is 0 Å². The van der Waals surface area contributed by atoms with Crippen molar-refractivity contribution in [1.82, 2.24) is 5.16 Å². The summed E-state index contributed by atoms with van der Waals surface area (Å²) >= 11 is 0. The maximum absolute atomic E-state index is 13.6. The first kappa shape index (κ1) is 14.1. The Hall–Kier alpha value is -2.29. The third-order valence-corrected chi connectivity index (χ3v) is 4.03. The van der Waals surface area contributed by atoms with Crippen LogP contribution in [0.5, 0.6) is 0 Å². The van der Waals surface area contributed by atoms with Crippen LogP contribution in [0.4, 0.5) is 8.78 Å². The molecule has 0 radical (unpaired) electrons. The predicted octanol–water partition coefficient (Wildman–Crippen LogP) is 1.62. The Balaban J connectivity index is 2.53. The summed E-state index contributed by atoms with van der Waals surface area (Å²) in [6.07, 6.45) is 1.19. The van der Waals surface area contributed by atoms with Crippen LogP contribution in [0, 0.1) is 11.6 Å². The third-order valence-electron chi connectivity index (χ3n) is 2.40. The molecule has 6 nitrogen and oxygen atoms in total. The smallest absolute Gasteiger partial charge is 0.335 e. The summed E-state index contributed by atoms with van der Waals surface area (Å²) in [4.78, 5) is 9.71. The van der Waals surface area contributed by atoms with E-state index in [4.69, 9.17) is 5.11 Å². The van der Waals surface area contributed by atoms with Gasteiger partial charge in [-0.05, 0) is 12.1 Å². The van der Waals surface area contributed by atoms with Gasteiger partial charge < -0.3 is 9.63 Å². The van der Waals surface area contributed by atoms with E-state index in [1.165, 1.54) is 12.3 Å². The van der Waals surface area contributed by atoms with Crippen LogP contribution in [-0.2, 0) is 15.6 Å². The van der Waals surface area contributed by atoms with Crippen molar-refractivity contribution in [3.05, 3.63) is 47.4 Å². The van der Waals surface area contributed by atoms with Crippen molar-refractivity contribution in [1.29, 1.82) is 0 Å². The molecule has 0 fully saturated rings. The van der Waals surface area contributed by atoms with Gasteiger partial charge in [-0.15, -0.1) is 0 Å². The number of aromatic nitrogens is 1. The van der Waals surface area contributed by atoms with E-state index >= 15 is 0 Å². The number of carboxylic acid groups (broad SMARTS) is 1. The maximum Gasteiger partial charge on any atom is 0.335 e. The molecule has 1 N–H and O–H groups in total. The number of benzene rings is 1. The summed E-state index contributed by atoms with van der Waals surface area (Å²) in [6.45, 7) is 0. The van der Waals surface area contributed by atoms with Gasteiger partial charge in [-0.1, -0.05) is 5.16 Å². The minimum absolute atomic E-state index is 0.0782. The lowest BCUT2D eigenvalue weighted by molar-refractivity contribution is 0.0696. The van der Waals surface area contributed by atoms with Gasteiger partial charge in [0.2, 0.25) is 0 Å². The molecule has 2 aromatic rings. The molecule has 0 aliphatic carbocycles. The molecule has 0 bridgehead atoms. The number of aromatic carboxylic acids is 1. The average molecular weight is 303 g/mol. The molecule has 2 rings (SSSR count). The number of carbonyl (C=O) groups is 1. The maximum atomic E-state index is 13.6. The quantitative estimate of drug-likeness (QED) is 0.921. The summed E-state index contributed by atoms with van der Waals surface area (Å²) in [6, 6.07) is 2.21. The first-order chi connectivity index (χ1) is 9.31. The van der Waals surface area contributed by atoms with Gasteiger partial charge in [0.15, 0.2) is 27.2 Å². The van der Waals surface area contributed by atoms with Crippen molar-refractivity contribution in [2.45, 2.75) is 10.6 Å². The van der Waals surface area contributed by atoms with E-state index in [9.17, 15) is 22.0 Å². The average Bonchev–Trinajstić information content (AvgIpc) is 2.83. The zero-order chi connectivity index (χ0) is 14.9. The largest absolute Gasteiger partial charge is 0.478 e. The summed E-state index contributed by atoms with van der Waals surface area (Å²) in [7, 11) is -4.30. The number of hydrogen-bond donors (Lipinski definition) is 1. The zero-order valence-electron chi connectivity index (χ0n) is 9.71. The van der Waals surface area contributed by atoms with E-state index in [0.29, 0.717) is 12.1 Å². The summed E-state index contributed by atoms with van der Waals surface area (Å²) in [5.41, 5.74) is -0.667. The summed E-state index contributed by atoms with van der Waals surface area (Å²) < 4.78 is 55.3. The molecule has 0 saturated heterocycles. The van der Waals surface area contributed by atoms with E-state index in [-0.39, 0.29) is 5.76 Å². The lowest BCUT2D eigenvalue weighted by Crippen LogP contribution is -2.10. The Morgan fingerprint density at radius 1 is 1.35 bits per heavy atom. The van der Waals surface area contributed by atoms with E-state index in [1.54, 1.807) is 0 Å². The molecule has 20 heavy (non-hydrogen) atoms. The van der Waals surface area contributed by atoms with Crippen LogP contribution < -0.4 is 0 Å². The molecule has 0 saturated carbocycles. The highest BCUT2D eigenvalue weighted by atomic mass is 32.2. The van der Waals surface area contributed by atoms with Crippen molar-refractivity contribution >= 4 is 15.8 Å². The van der Waals surface area contributed by atoms with Crippen molar-refractivity contribution in [3.8, 4) is 0 Å². The Kier molecular flexibility index (Phi) is 3.53. The standard InChI is InChI=1S/C11H7F2NO5S/c12-8-3-6(11(15)16)4-9(10(8)13)20(17,18)5-7-1-2-14-19-7/h1-4H,5H2,(H,15,16). The normalized spacial score (nSPS) is 11.5. The fourth-order valence-electron chi connectivity index (χ4n) is 1.50. The van der Waals surface area contributed by atoms with E-state index in [1.807, 2.05) is 0 Å². The van der Waals surface area contributed by atoms with Crippen LogP contribution in [0.3, 0.4) is 0 Å². The van der Waals surface area contributed by atoms with Crippen LogP contribution in [0.15, 0.2) is 33.8 Å². The van der Waals surface area contributed by atoms with E-state index < -0.39 is 43.7 Å². The lowest BCUT2D eigenvalue weighted by Gasteiger charge is -2.06. The number of carboxylic acids is 1. The van der Waals surface area contributed by atoms with Gasteiger partial charge in [0.1, 0.15) is 10.6 Å². The molecular formula is C11H7F2NO5S. The lowest BCUT2D eigenvalue weighted by atomic mass is 10.2. The first-order valence-corrected chi connectivity index (χ1v) is 6.81. The number of hydrogen-bond acceptors (Lipinski definition) is 5. The van der Waals surface area contributed by atoms with Crippen molar-refractivity contribution in [2.24, 2.45) is 0 Å². The molecule has 0 amide bonds. The van der Waals surface area contributed by atoms with Gasteiger partial charge >= 0.3 is 5.97 Å². The molecule has 1 aromatic heterocycles. The minimum Gasteiger partial charge on any atom is -0.478 e. The van der Waals surface area contributed by atoms with Crippen molar-refractivity contribution in [3.63, 3.8) is 0 Å². The SMILES string of the molecule is O=C(O)c1cc(F)c(F)c(S(=O)(=O)Cc2ccno2)c1. The number of rotatable bonds is 4. The fraction of sp³-hybridized carbons (Fsp3) is 0.0909. The second-order valence-corrected chi connectivity index (χ2v) is 5.77. The Morgan fingerprint density at radius 3 is 2.60 bits per heavy atom. The fourth-order valence-corrected chi connectivity index (χ4v) is 2.85. The Labute approximate surface area is 111 Å². The Morgan fingerprint density at radius 2 is 2.05 bits per heavy atom. The molecule has 1 aromatic carbocycles. The predicted molar refractivity (Wildman–Crippen MR) is 60.7 cm³/mol. The Bertz CT molecular complexity index is 755. The molecule has 1 heterocycles. The second-order valence-electron chi connectivity index (χ2n) is 3.81. The van der Waals surface area contributed by atoms with Gasteiger partial charge in [-0.25, -0.2) is 22.0 Å². The van der Waals surface area contributed by atoms with Crippen LogP contribution >= 0.6 is 0 Å². The van der Waals surface area contributed by atoms with E-state index in [2.05, 4.69) is 9.68 Å². The first-order valence-electron chi connectivity index (χ1n) is 5.16. The molecule has 106 valence electrons. The zero-order valence-corrected chi connectivity index (χ0v) is 10.5. The molecule has 9 heteroatoms. The third kappa shape index (κ3) is 2.67. The molecule has 0 aliphatic rings. The molecule has 0 spiro atoms. The van der Waals surface area contributed by atoms with Crippen LogP contribution in [0.1, 0.15) is 16.1 Å². The topological polar surface area (TPSA) is 97.5 Å². The van der Waals surface area contributed by atoms with Crippen molar-refractivity contribution in [2.75, 3.05) is 0 Å². The van der Waals surface area contributed by atoms with Crippen LogP contribution in [0.25, 0.3) is 0 Å². The van der Waals surface area contributed by atoms with Gasteiger partial charge in [0, 0.05) is 6.07 Å². The van der Waals surface area contributed by atoms with Crippen LogP contribution in [-0.4, -0.2) is 24.7 Å². The van der Waals surface area contributed by atoms with Gasteiger partial charge in [0.05, 0.1) is 11.8 Å². The highest BCUT2D eigenvalue weighted by Crippen LogP contribution is 2.23. The number of sulfone groups is 1. The van der Waals surface area contributed by atoms with Gasteiger partial charge in [-0.3, -0.25) is 0 Å². The molecule has 0 unspecified atom stereocenters. The number of halogens is 2. The highest BCUT2D eigenvalue weighted by Gasteiger charge is 2.26. The summed E-state index contributed by atoms with van der Waals surface area (Å²) in [5, 5.41) is 12.0. The number of nitrogens with zero attached hydrogens (tertiary/aromatic N) is 1. The molecule has 0 aliphatic heterocycles. The minimum atomic E-state index is -4.30. The van der Waals surface area contributed by atoms with Gasteiger partial charge in [0.25, 0.3) is 0 Å². The molecule has 0 atom stereocenters. The van der Waals surface area contributed by atoms with Gasteiger partial charge in [-0.2, -0.15) is 0 Å².